The van der Waals surface area contributed by atoms with E-state index in [0.29, 0.717) is 6.61 Å². The van der Waals surface area contributed by atoms with Gasteiger partial charge in [0.25, 0.3) is 0 Å². The van der Waals surface area contributed by atoms with E-state index < -0.39 is 0 Å². The zero-order chi connectivity index (χ0) is 16.9. The predicted octanol–water partition coefficient (Wildman–Crippen LogP) is 5.56. The summed E-state index contributed by atoms with van der Waals surface area (Å²) >= 11 is 0. The second kappa shape index (κ2) is 7.18. The number of hydrogen-bond donors (Lipinski definition) is 0. The fourth-order valence-electron chi connectivity index (χ4n) is 2.17. The van der Waals surface area contributed by atoms with Crippen LogP contribution in [0.1, 0.15) is 45.7 Å². The lowest BCUT2D eigenvalue weighted by Gasteiger charge is -2.30. The topological polar surface area (TPSA) is 18.5 Å². The van der Waals surface area contributed by atoms with Crippen molar-refractivity contribution in [3.05, 3.63) is 65.7 Å². The third kappa shape index (κ3) is 5.72. The smallest absolute Gasteiger partial charge is 0.119 e. The summed E-state index contributed by atoms with van der Waals surface area (Å²) in [7, 11) is 0. The molecule has 0 fully saturated rings. The lowest BCUT2D eigenvalue weighted by Crippen LogP contribution is -2.27. The summed E-state index contributed by atoms with van der Waals surface area (Å²) in [5.74, 6) is 0.879. The van der Waals surface area contributed by atoms with Crippen LogP contribution < -0.4 is 4.74 Å². The highest BCUT2D eigenvalue weighted by Gasteiger charge is 2.24. The second-order valence-electron chi connectivity index (χ2n) is 7.66. The minimum atomic E-state index is -0.300. The Bertz CT molecular complexity index is 592. The van der Waals surface area contributed by atoms with Crippen molar-refractivity contribution < 1.29 is 9.47 Å². The van der Waals surface area contributed by atoms with Crippen LogP contribution in [0.15, 0.2) is 54.6 Å². The van der Waals surface area contributed by atoms with E-state index in [-0.39, 0.29) is 11.0 Å². The van der Waals surface area contributed by atoms with Crippen molar-refractivity contribution in [3.8, 4) is 5.75 Å². The normalized spacial score (nSPS) is 12.2. The van der Waals surface area contributed by atoms with E-state index in [1.807, 2.05) is 30.3 Å². The van der Waals surface area contributed by atoms with Gasteiger partial charge in [-0.1, -0.05) is 63.2 Å². The molecule has 2 heteroatoms. The first-order valence-corrected chi connectivity index (χ1v) is 8.17. The van der Waals surface area contributed by atoms with Gasteiger partial charge in [-0.15, -0.1) is 0 Å². The van der Waals surface area contributed by atoms with Gasteiger partial charge in [-0.25, -0.2) is 0 Å². The molecule has 0 aliphatic heterocycles. The Morgan fingerprint density at radius 2 is 1.39 bits per heavy atom. The van der Waals surface area contributed by atoms with Gasteiger partial charge in [0.1, 0.15) is 12.4 Å². The second-order valence-corrected chi connectivity index (χ2v) is 7.66. The molecule has 23 heavy (non-hydrogen) atoms. The lowest BCUT2D eigenvalue weighted by molar-refractivity contribution is -0.0547. The summed E-state index contributed by atoms with van der Waals surface area (Å²) in [5, 5.41) is 0. The molecule has 0 aliphatic carbocycles. The predicted molar refractivity (Wildman–Crippen MR) is 95.6 cm³/mol. The molecule has 0 saturated heterocycles. The molecule has 0 aromatic heterocycles. The van der Waals surface area contributed by atoms with E-state index in [1.165, 1.54) is 5.56 Å². The molecule has 2 aromatic rings. The van der Waals surface area contributed by atoms with Gasteiger partial charge in [0.2, 0.25) is 0 Å². The highest BCUT2D eigenvalue weighted by Crippen LogP contribution is 2.29. The highest BCUT2D eigenvalue weighted by atomic mass is 16.5. The molecule has 0 aliphatic rings. The van der Waals surface area contributed by atoms with Gasteiger partial charge in [0.15, 0.2) is 0 Å². The molecule has 0 N–H and O–H groups in total. The lowest BCUT2D eigenvalue weighted by atomic mass is 9.95. The molecule has 2 nitrogen and oxygen atoms in total. The molecule has 0 radical (unpaired) electrons. The zero-order valence-corrected chi connectivity index (χ0v) is 14.9. The maximum atomic E-state index is 6.11. The summed E-state index contributed by atoms with van der Waals surface area (Å²) in [6, 6.07) is 18.4. The minimum Gasteiger partial charge on any atom is -0.489 e. The Morgan fingerprint density at radius 3 is 1.96 bits per heavy atom. The van der Waals surface area contributed by atoms with E-state index in [9.17, 15) is 0 Å². The monoisotopic (exact) mass is 312 g/mol. The zero-order valence-electron chi connectivity index (χ0n) is 14.9. The number of hydrogen-bond acceptors (Lipinski definition) is 2. The summed E-state index contributed by atoms with van der Waals surface area (Å²) in [6.45, 7) is 12.1. The van der Waals surface area contributed by atoms with Crippen molar-refractivity contribution in [2.24, 2.45) is 5.41 Å². The Labute approximate surface area is 140 Å². The van der Waals surface area contributed by atoms with Gasteiger partial charge in [0.05, 0.1) is 12.2 Å². The molecule has 0 atom stereocenters. The molecule has 0 bridgehead atoms. The van der Waals surface area contributed by atoms with Crippen LogP contribution in [0.4, 0.5) is 0 Å². The van der Waals surface area contributed by atoms with Crippen LogP contribution in [0.3, 0.4) is 0 Å². The fourth-order valence-corrected chi connectivity index (χ4v) is 2.17. The molecule has 0 heterocycles. The van der Waals surface area contributed by atoms with E-state index in [4.69, 9.17) is 9.47 Å². The summed E-state index contributed by atoms with van der Waals surface area (Å²) < 4.78 is 11.9. The van der Waals surface area contributed by atoms with E-state index in [2.05, 4.69) is 58.9 Å². The summed E-state index contributed by atoms with van der Waals surface area (Å²) in [6.07, 6.45) is 0. The number of rotatable bonds is 6. The number of ether oxygens (including phenoxy) is 2. The van der Waals surface area contributed by atoms with Gasteiger partial charge < -0.3 is 9.47 Å². The molecular formula is C21H28O2. The highest BCUT2D eigenvalue weighted by molar-refractivity contribution is 5.30. The van der Waals surface area contributed by atoms with Crippen LogP contribution in [0, 0.1) is 5.41 Å². The molecule has 2 aromatic carbocycles. The molecule has 124 valence electrons. The average molecular weight is 312 g/mol. The standard InChI is InChI=1S/C21H28O2/c1-20(2,3)16-23-21(4,5)18-11-13-19(14-12-18)22-15-17-9-7-6-8-10-17/h6-14H,15-16H2,1-5H3. The summed E-state index contributed by atoms with van der Waals surface area (Å²) in [5.41, 5.74) is 2.19. The molecule has 0 saturated carbocycles. The average Bonchev–Trinajstić information content (AvgIpc) is 2.52. The van der Waals surface area contributed by atoms with Gasteiger partial charge in [-0.2, -0.15) is 0 Å². The van der Waals surface area contributed by atoms with Crippen molar-refractivity contribution in [3.63, 3.8) is 0 Å². The Kier molecular flexibility index (Phi) is 5.48. The largest absolute Gasteiger partial charge is 0.489 e. The van der Waals surface area contributed by atoms with Crippen molar-refractivity contribution >= 4 is 0 Å². The fraction of sp³-hybridized carbons (Fsp3) is 0.429. The van der Waals surface area contributed by atoms with Crippen LogP contribution in [0.25, 0.3) is 0 Å². The van der Waals surface area contributed by atoms with Crippen molar-refractivity contribution in [1.29, 1.82) is 0 Å². The SMILES string of the molecule is CC(C)(C)COC(C)(C)c1ccc(OCc2ccccc2)cc1. The van der Waals surface area contributed by atoms with Crippen LogP contribution in [0.5, 0.6) is 5.75 Å². The third-order valence-electron chi connectivity index (χ3n) is 3.66. The van der Waals surface area contributed by atoms with Gasteiger partial charge in [0, 0.05) is 0 Å². The minimum absolute atomic E-state index is 0.163. The van der Waals surface area contributed by atoms with E-state index >= 15 is 0 Å². The van der Waals surface area contributed by atoms with Gasteiger partial charge in [-0.05, 0) is 42.5 Å². The van der Waals surface area contributed by atoms with Crippen molar-refractivity contribution in [1.82, 2.24) is 0 Å². The van der Waals surface area contributed by atoms with E-state index in [1.54, 1.807) is 0 Å². The maximum absolute atomic E-state index is 6.11. The molecule has 2 rings (SSSR count). The Morgan fingerprint density at radius 1 is 0.783 bits per heavy atom. The Hall–Kier alpha value is -1.80. The van der Waals surface area contributed by atoms with Crippen LogP contribution in [-0.2, 0) is 16.9 Å². The van der Waals surface area contributed by atoms with Gasteiger partial charge >= 0.3 is 0 Å². The van der Waals surface area contributed by atoms with Gasteiger partial charge in [-0.3, -0.25) is 0 Å². The molecule has 0 unspecified atom stereocenters. The first-order chi connectivity index (χ1) is 10.8. The summed E-state index contributed by atoms with van der Waals surface area (Å²) in [4.78, 5) is 0. The Balaban J connectivity index is 1.95. The first kappa shape index (κ1) is 17.6. The van der Waals surface area contributed by atoms with Crippen molar-refractivity contribution in [2.45, 2.75) is 46.8 Å². The van der Waals surface area contributed by atoms with Crippen molar-refractivity contribution in [2.75, 3.05) is 6.61 Å². The molecule has 0 amide bonds. The van der Waals surface area contributed by atoms with Crippen LogP contribution >= 0.6 is 0 Å². The first-order valence-electron chi connectivity index (χ1n) is 8.17. The van der Waals surface area contributed by atoms with Crippen LogP contribution in [-0.4, -0.2) is 6.61 Å². The third-order valence-corrected chi connectivity index (χ3v) is 3.66. The number of benzene rings is 2. The van der Waals surface area contributed by atoms with E-state index in [0.717, 1.165) is 17.9 Å². The quantitative estimate of drug-likeness (QED) is 0.695. The molecular weight excluding hydrogens is 284 g/mol. The molecule has 0 spiro atoms. The maximum Gasteiger partial charge on any atom is 0.119 e. The van der Waals surface area contributed by atoms with Crippen LogP contribution in [0.2, 0.25) is 0 Å².